The fraction of sp³-hybridized carbons (Fsp3) is 1.00. The van der Waals surface area contributed by atoms with Gasteiger partial charge in [-0.3, -0.25) is 4.18 Å². The first-order chi connectivity index (χ1) is 13.8. The molecule has 0 aromatic heterocycles. The van der Waals surface area contributed by atoms with Crippen molar-refractivity contribution in [2.24, 2.45) is 0 Å². The minimum Gasteiger partial charge on any atom is -0.394 e. The summed E-state index contributed by atoms with van der Waals surface area (Å²) in [5.41, 5.74) is 0. The number of rotatable bonds is 6. The van der Waals surface area contributed by atoms with Crippen molar-refractivity contribution < 1.29 is 54.1 Å². The van der Waals surface area contributed by atoms with E-state index in [0.717, 1.165) is 0 Å². The van der Waals surface area contributed by atoms with Crippen LogP contribution in [0, 0.1) is 0 Å². The van der Waals surface area contributed by atoms with Crippen LogP contribution in [-0.4, -0.2) is 102 Å². The number of hydrogen-bond donors (Lipinski definition) is 15. The second kappa shape index (κ2) is 9.03. The van der Waals surface area contributed by atoms with E-state index in [-0.39, 0.29) is 0 Å². The van der Waals surface area contributed by atoms with Gasteiger partial charge < -0.3 is 50.0 Å². The Labute approximate surface area is 220 Å². The Hall–Kier alpha value is 2.36. The SMILES string of the molecule is OC[C@H]1OC(CO)(O[C@]2(S)O[C@](S)(C(O)(S)S)[C@@](S)(OS)[C@@](O)(S)[C@]2(O)S)[C@@H](O)[C@@H]1O. The molecule has 0 bridgehead atoms. The first kappa shape index (κ1) is 29.6. The Bertz CT molecular complexity index is 696. The van der Waals surface area contributed by atoms with Gasteiger partial charge in [0.2, 0.25) is 20.6 Å². The predicted molar refractivity (Wildman–Crippen MR) is 132 cm³/mol. The molecule has 0 aliphatic carbocycles. The lowest BCUT2D eigenvalue weighted by Crippen LogP contribution is -2.84. The number of aliphatic hydroxyl groups is 7. The molecule has 2 aliphatic rings. The zero-order valence-electron chi connectivity index (χ0n) is 15.0. The van der Waals surface area contributed by atoms with Crippen LogP contribution in [-0.2, 0) is 18.4 Å². The van der Waals surface area contributed by atoms with Crippen molar-refractivity contribution >= 4 is 101 Å². The summed E-state index contributed by atoms with van der Waals surface area (Å²) >= 11 is 31.3. The molecule has 0 aromatic rings. The van der Waals surface area contributed by atoms with Gasteiger partial charge in [0.15, 0.2) is 9.20 Å². The average Bonchev–Trinajstić information content (AvgIpc) is 2.89. The number of thiol groups is 8. The van der Waals surface area contributed by atoms with Gasteiger partial charge in [0.1, 0.15) is 24.9 Å². The standard InChI is InChI=1S/C12H22O11S8/c13-1-3-4(15)5(16)6(2-14,20-3)21-12(30)8(18,25)7(17,24)9(26,23-31)10(27,22-12)11(19,28)29/h3-5,13-19,24-31H,1-2H2/t3-,4-,5+,6?,7+,8+,9-,10-,12+/m1/s1. The normalized spacial score (nSPS) is 53.7. The number of hydrogen-bond acceptors (Lipinski definition) is 19. The van der Waals surface area contributed by atoms with Crippen LogP contribution in [0.3, 0.4) is 0 Å². The smallest absolute Gasteiger partial charge is 0.263 e. The van der Waals surface area contributed by atoms with Crippen molar-refractivity contribution in [1.82, 2.24) is 0 Å². The maximum absolute atomic E-state index is 11.1. The van der Waals surface area contributed by atoms with Crippen LogP contribution in [0.1, 0.15) is 0 Å². The molecule has 31 heavy (non-hydrogen) atoms. The summed E-state index contributed by atoms with van der Waals surface area (Å²) in [6, 6.07) is 0. The number of aliphatic hydroxyl groups excluding tert-OH is 4. The third-order valence-electron chi connectivity index (χ3n) is 4.95. The molecule has 7 N–H and O–H groups in total. The highest BCUT2D eigenvalue weighted by atomic mass is 32.2. The van der Waals surface area contributed by atoms with Crippen molar-refractivity contribution in [3.05, 3.63) is 0 Å². The highest BCUT2D eigenvalue weighted by Crippen LogP contribution is 2.67. The van der Waals surface area contributed by atoms with Gasteiger partial charge in [0, 0.05) is 0 Å². The van der Waals surface area contributed by atoms with Crippen LogP contribution in [0.15, 0.2) is 0 Å². The predicted octanol–water partition coefficient (Wildman–Crippen LogP) is -2.73. The third-order valence-corrected chi connectivity index (χ3v) is 10.3. The van der Waals surface area contributed by atoms with Crippen LogP contribution in [0.25, 0.3) is 0 Å². The summed E-state index contributed by atoms with van der Waals surface area (Å²) in [6.45, 7) is -1.99. The molecular weight excluding hydrogens is 577 g/mol. The monoisotopic (exact) mass is 598 g/mol. The summed E-state index contributed by atoms with van der Waals surface area (Å²) < 4.78 is 18.3. The topological polar surface area (TPSA) is 179 Å². The van der Waals surface area contributed by atoms with Crippen LogP contribution in [0.5, 0.6) is 0 Å². The van der Waals surface area contributed by atoms with Crippen molar-refractivity contribution in [2.75, 3.05) is 13.2 Å². The molecule has 2 rings (SSSR count). The van der Waals surface area contributed by atoms with Crippen molar-refractivity contribution in [3.8, 4) is 0 Å². The quantitative estimate of drug-likeness (QED) is 0.0868. The van der Waals surface area contributed by atoms with E-state index < -0.39 is 66.4 Å². The van der Waals surface area contributed by atoms with E-state index in [0.29, 0.717) is 0 Å². The van der Waals surface area contributed by atoms with Crippen molar-refractivity contribution in [3.63, 3.8) is 0 Å². The zero-order chi connectivity index (χ0) is 24.5. The Balaban J connectivity index is 2.69. The number of ether oxygens (including phenoxy) is 3. The lowest BCUT2D eigenvalue weighted by atomic mass is 9.94. The lowest BCUT2D eigenvalue weighted by molar-refractivity contribution is -0.418. The Morgan fingerprint density at radius 1 is 0.968 bits per heavy atom. The van der Waals surface area contributed by atoms with Crippen LogP contribution >= 0.6 is 101 Å². The van der Waals surface area contributed by atoms with Gasteiger partial charge in [0.25, 0.3) is 5.12 Å². The van der Waals surface area contributed by atoms with E-state index in [1.807, 2.05) is 0 Å². The van der Waals surface area contributed by atoms with E-state index in [9.17, 15) is 35.7 Å². The second-order valence-electron chi connectivity index (χ2n) is 6.89. The highest BCUT2D eigenvalue weighted by Gasteiger charge is 2.84. The second-order valence-corrected chi connectivity index (χ2v) is 11.9. The van der Waals surface area contributed by atoms with Gasteiger partial charge in [-0.05, 0) is 12.9 Å². The zero-order valence-corrected chi connectivity index (χ0v) is 22.1. The first-order valence-corrected chi connectivity index (χ1v) is 11.5. The van der Waals surface area contributed by atoms with Gasteiger partial charge in [-0.2, -0.15) is 0 Å². The molecule has 0 radical (unpaired) electrons. The van der Waals surface area contributed by atoms with Gasteiger partial charge in [-0.15, -0.1) is 88.4 Å². The maximum Gasteiger partial charge on any atom is 0.263 e. The summed E-state index contributed by atoms with van der Waals surface area (Å²) in [4.78, 5) is -11.6. The maximum atomic E-state index is 11.1. The van der Waals surface area contributed by atoms with Gasteiger partial charge in [-0.1, -0.05) is 0 Å². The molecule has 0 aromatic carbocycles. The van der Waals surface area contributed by atoms with Gasteiger partial charge in [0.05, 0.1) is 6.61 Å². The van der Waals surface area contributed by atoms with Gasteiger partial charge in [-0.25, -0.2) is 0 Å². The van der Waals surface area contributed by atoms with E-state index in [2.05, 4.69) is 101 Å². The van der Waals surface area contributed by atoms with E-state index >= 15 is 0 Å². The molecule has 2 heterocycles. The molecule has 2 fully saturated rings. The minimum atomic E-state index is -3.11. The molecule has 19 heteroatoms. The van der Waals surface area contributed by atoms with E-state index in [4.69, 9.17) is 18.4 Å². The lowest BCUT2D eigenvalue weighted by Gasteiger charge is -2.64. The van der Waals surface area contributed by atoms with Gasteiger partial charge >= 0.3 is 0 Å². The molecule has 0 spiro atoms. The molecule has 2 aliphatic heterocycles. The molecule has 11 nitrogen and oxygen atoms in total. The molecule has 1 unspecified atom stereocenters. The Morgan fingerprint density at radius 2 is 1.48 bits per heavy atom. The molecule has 184 valence electrons. The summed E-state index contributed by atoms with van der Waals surface area (Å²) in [6.07, 6.45) is -5.25. The largest absolute Gasteiger partial charge is 0.394 e. The van der Waals surface area contributed by atoms with Crippen molar-refractivity contribution in [2.45, 2.75) is 53.2 Å². The fourth-order valence-corrected chi connectivity index (χ4v) is 6.11. The highest BCUT2D eigenvalue weighted by molar-refractivity contribution is 8.02. The molecule has 0 amide bonds. The summed E-state index contributed by atoms with van der Waals surface area (Å²) in [7, 11) is 0. The first-order valence-electron chi connectivity index (χ1n) is 8.00. The van der Waals surface area contributed by atoms with Crippen LogP contribution < -0.4 is 0 Å². The van der Waals surface area contributed by atoms with E-state index in [1.165, 1.54) is 0 Å². The average molecular weight is 599 g/mol. The molecule has 0 saturated carbocycles. The Kier molecular flexibility index (Phi) is 8.62. The Morgan fingerprint density at radius 3 is 1.84 bits per heavy atom. The minimum absolute atomic E-state index is 0.803. The van der Waals surface area contributed by atoms with Crippen LogP contribution in [0.4, 0.5) is 0 Å². The summed E-state index contributed by atoms with van der Waals surface area (Å²) in [5, 5.41) is 69.3. The molecule has 2 saturated heterocycles. The third kappa shape index (κ3) is 4.00. The molecular formula is C12H22O11S8. The summed E-state index contributed by atoms with van der Waals surface area (Å²) in [5.74, 6) is -2.60. The van der Waals surface area contributed by atoms with Crippen molar-refractivity contribution in [1.29, 1.82) is 0 Å². The van der Waals surface area contributed by atoms with E-state index in [1.54, 1.807) is 0 Å². The van der Waals surface area contributed by atoms with Crippen LogP contribution in [0.2, 0.25) is 0 Å². The fourth-order valence-electron chi connectivity index (χ4n) is 3.03. The molecule has 9 atom stereocenters.